The minimum atomic E-state index is 0. The molecule has 0 bridgehead atoms. The summed E-state index contributed by atoms with van der Waals surface area (Å²) in [6.45, 7) is 3.81. The van der Waals surface area contributed by atoms with Crippen LogP contribution in [0.25, 0.3) is 0 Å². The van der Waals surface area contributed by atoms with Crippen LogP contribution in [0, 0.1) is 5.92 Å². The topological polar surface area (TPSA) is 64.1 Å². The number of hydrogen-bond acceptors (Lipinski definition) is 4. The van der Waals surface area contributed by atoms with Crippen LogP contribution in [0.1, 0.15) is 19.3 Å². The van der Waals surface area contributed by atoms with Crippen molar-refractivity contribution < 1.29 is 14.2 Å². The van der Waals surface area contributed by atoms with E-state index in [4.69, 9.17) is 14.2 Å². The van der Waals surface area contributed by atoms with E-state index >= 15 is 0 Å². The van der Waals surface area contributed by atoms with Crippen LogP contribution in [-0.2, 0) is 4.74 Å². The Balaban J connectivity index is 0.00000312. The van der Waals surface area contributed by atoms with Crippen LogP contribution < -0.4 is 20.1 Å². The van der Waals surface area contributed by atoms with Crippen molar-refractivity contribution in [2.75, 3.05) is 47.1 Å². The maximum absolute atomic E-state index is 5.68. The Morgan fingerprint density at radius 3 is 2.64 bits per heavy atom. The first kappa shape index (κ1) is 21.8. The van der Waals surface area contributed by atoms with Gasteiger partial charge in [0.25, 0.3) is 0 Å². The molecule has 0 aromatic heterocycles. The third kappa shape index (κ3) is 9.74. The van der Waals surface area contributed by atoms with Gasteiger partial charge in [0.2, 0.25) is 0 Å². The number of halogens is 1. The van der Waals surface area contributed by atoms with Gasteiger partial charge in [0.05, 0.1) is 13.7 Å². The summed E-state index contributed by atoms with van der Waals surface area (Å²) in [4.78, 5) is 4.19. The quantitative estimate of drug-likeness (QED) is 0.229. The fraction of sp³-hybridized carbons (Fsp3) is 0.611. The summed E-state index contributed by atoms with van der Waals surface area (Å²) in [5.74, 6) is 3.21. The molecular weight excluding hydrogens is 433 g/mol. The van der Waals surface area contributed by atoms with E-state index in [0.29, 0.717) is 13.2 Å². The number of guanidine groups is 1. The number of hydrogen-bond donors (Lipinski definition) is 2. The van der Waals surface area contributed by atoms with E-state index in [-0.39, 0.29) is 24.0 Å². The molecule has 142 valence electrons. The van der Waals surface area contributed by atoms with Crippen molar-refractivity contribution in [3.63, 3.8) is 0 Å². The predicted molar refractivity (Wildman–Crippen MR) is 111 cm³/mol. The molecular formula is C18H30IN3O3. The van der Waals surface area contributed by atoms with Gasteiger partial charge in [0, 0.05) is 32.9 Å². The molecule has 1 aromatic rings. The molecule has 0 aliphatic heterocycles. The van der Waals surface area contributed by atoms with Crippen LogP contribution in [0.4, 0.5) is 0 Å². The van der Waals surface area contributed by atoms with Crippen LogP contribution >= 0.6 is 24.0 Å². The number of aliphatic imine (C=N–C) groups is 1. The summed E-state index contributed by atoms with van der Waals surface area (Å²) in [6.07, 6.45) is 3.66. The second kappa shape index (κ2) is 13.0. The summed E-state index contributed by atoms with van der Waals surface area (Å²) in [6, 6.07) is 7.59. The Bertz CT molecular complexity index is 510. The van der Waals surface area contributed by atoms with Crippen molar-refractivity contribution in [2.24, 2.45) is 10.9 Å². The van der Waals surface area contributed by atoms with Gasteiger partial charge < -0.3 is 24.8 Å². The maximum atomic E-state index is 5.68. The van der Waals surface area contributed by atoms with Crippen molar-refractivity contribution in [2.45, 2.75) is 19.3 Å². The molecule has 0 unspecified atom stereocenters. The van der Waals surface area contributed by atoms with Gasteiger partial charge in [-0.05, 0) is 37.3 Å². The molecule has 2 N–H and O–H groups in total. The van der Waals surface area contributed by atoms with Crippen molar-refractivity contribution in [3.05, 3.63) is 24.3 Å². The molecule has 2 rings (SSSR count). The number of nitrogens with zero attached hydrogens (tertiary/aromatic N) is 1. The molecule has 25 heavy (non-hydrogen) atoms. The number of benzene rings is 1. The molecule has 1 aliphatic carbocycles. The first-order valence-corrected chi connectivity index (χ1v) is 8.61. The third-order valence-corrected chi connectivity index (χ3v) is 3.74. The zero-order chi connectivity index (χ0) is 17.0. The highest BCUT2D eigenvalue weighted by Crippen LogP contribution is 2.28. The largest absolute Gasteiger partial charge is 0.497 e. The van der Waals surface area contributed by atoms with Gasteiger partial charge in [-0.3, -0.25) is 4.99 Å². The first-order chi connectivity index (χ1) is 11.8. The number of rotatable bonds is 11. The second-order valence-corrected chi connectivity index (χ2v) is 5.83. The van der Waals surface area contributed by atoms with Gasteiger partial charge in [-0.15, -0.1) is 24.0 Å². The molecule has 0 radical (unpaired) electrons. The van der Waals surface area contributed by atoms with Crippen molar-refractivity contribution in [3.8, 4) is 11.5 Å². The summed E-state index contributed by atoms with van der Waals surface area (Å²) < 4.78 is 16.5. The lowest BCUT2D eigenvalue weighted by Gasteiger charge is -2.13. The van der Waals surface area contributed by atoms with Gasteiger partial charge >= 0.3 is 0 Å². The van der Waals surface area contributed by atoms with Gasteiger partial charge in [-0.1, -0.05) is 6.07 Å². The minimum Gasteiger partial charge on any atom is -0.497 e. The molecule has 0 atom stereocenters. The molecule has 7 heteroatoms. The van der Waals surface area contributed by atoms with E-state index < -0.39 is 0 Å². The normalized spacial score (nSPS) is 13.8. The smallest absolute Gasteiger partial charge is 0.191 e. The number of methoxy groups -OCH3 is 1. The van der Waals surface area contributed by atoms with Gasteiger partial charge in [0.1, 0.15) is 18.1 Å². The third-order valence-electron chi connectivity index (χ3n) is 3.74. The summed E-state index contributed by atoms with van der Waals surface area (Å²) >= 11 is 0. The summed E-state index contributed by atoms with van der Waals surface area (Å²) in [5.41, 5.74) is 0. The fourth-order valence-corrected chi connectivity index (χ4v) is 2.17. The van der Waals surface area contributed by atoms with E-state index in [1.807, 2.05) is 24.3 Å². The zero-order valence-corrected chi connectivity index (χ0v) is 17.5. The average molecular weight is 463 g/mol. The van der Waals surface area contributed by atoms with Crippen LogP contribution in [0.5, 0.6) is 11.5 Å². The van der Waals surface area contributed by atoms with E-state index in [1.54, 1.807) is 14.2 Å². The highest BCUT2D eigenvalue weighted by atomic mass is 127. The molecule has 0 heterocycles. The fourth-order valence-electron chi connectivity index (χ4n) is 2.17. The first-order valence-electron chi connectivity index (χ1n) is 8.61. The van der Waals surface area contributed by atoms with E-state index in [1.165, 1.54) is 12.8 Å². The Labute approximate surface area is 167 Å². The van der Waals surface area contributed by atoms with Crippen molar-refractivity contribution >= 4 is 29.9 Å². The highest BCUT2D eigenvalue weighted by Gasteiger charge is 2.20. The van der Waals surface area contributed by atoms with Crippen molar-refractivity contribution in [1.29, 1.82) is 0 Å². The lowest BCUT2D eigenvalue weighted by Crippen LogP contribution is -2.39. The lowest BCUT2D eigenvalue weighted by atomic mass is 10.3. The molecule has 0 spiro atoms. The van der Waals surface area contributed by atoms with Crippen LogP contribution in [0.2, 0.25) is 0 Å². The molecule has 6 nitrogen and oxygen atoms in total. The van der Waals surface area contributed by atoms with E-state index in [0.717, 1.165) is 49.6 Å². The Morgan fingerprint density at radius 1 is 1.16 bits per heavy atom. The minimum absolute atomic E-state index is 0. The standard InChI is InChI=1S/C18H29N3O3.HI/c1-19-18(20-9-4-11-23-14-15-7-8-15)21-10-12-24-17-6-3-5-16(13-17)22-2;/h3,5-6,13,15H,4,7-12,14H2,1-2H3,(H2,19,20,21);1H. The number of nitrogens with one attached hydrogen (secondary N) is 2. The molecule has 1 saturated carbocycles. The summed E-state index contributed by atoms with van der Waals surface area (Å²) in [5, 5.41) is 6.50. The molecule has 1 aromatic carbocycles. The van der Waals surface area contributed by atoms with Gasteiger partial charge in [0.15, 0.2) is 5.96 Å². The SMILES string of the molecule is CN=C(NCCCOCC1CC1)NCCOc1cccc(OC)c1.I. The van der Waals surface area contributed by atoms with Gasteiger partial charge in [-0.2, -0.15) is 0 Å². The van der Waals surface area contributed by atoms with Crippen LogP contribution in [-0.4, -0.2) is 53.0 Å². The highest BCUT2D eigenvalue weighted by molar-refractivity contribution is 14.0. The van der Waals surface area contributed by atoms with Crippen molar-refractivity contribution in [1.82, 2.24) is 10.6 Å². The second-order valence-electron chi connectivity index (χ2n) is 5.83. The Morgan fingerprint density at radius 2 is 1.92 bits per heavy atom. The average Bonchev–Trinajstić information content (AvgIpc) is 3.44. The molecule has 1 aliphatic rings. The van der Waals surface area contributed by atoms with Gasteiger partial charge in [-0.25, -0.2) is 0 Å². The molecule has 0 amide bonds. The van der Waals surface area contributed by atoms with Crippen LogP contribution in [0.15, 0.2) is 29.3 Å². The zero-order valence-electron chi connectivity index (χ0n) is 15.1. The molecule has 0 saturated heterocycles. The predicted octanol–water partition coefficient (Wildman–Crippen LogP) is 2.67. The van der Waals surface area contributed by atoms with Crippen LogP contribution in [0.3, 0.4) is 0 Å². The Hall–Kier alpha value is -1.22. The molecule has 1 fully saturated rings. The summed E-state index contributed by atoms with van der Waals surface area (Å²) in [7, 11) is 3.41. The maximum Gasteiger partial charge on any atom is 0.191 e. The van der Waals surface area contributed by atoms with E-state index in [9.17, 15) is 0 Å². The number of ether oxygens (including phenoxy) is 3. The monoisotopic (exact) mass is 463 g/mol. The Kier molecular flexibility index (Phi) is 11.4. The van der Waals surface area contributed by atoms with E-state index in [2.05, 4.69) is 15.6 Å². The lowest BCUT2D eigenvalue weighted by molar-refractivity contribution is 0.123.